The number of nitrogens with zero attached hydrogens (tertiary/aromatic N) is 1. The third-order valence-corrected chi connectivity index (χ3v) is 6.46. The summed E-state index contributed by atoms with van der Waals surface area (Å²) in [4.78, 5) is 2.26. The molecule has 6 rings (SSSR count). The minimum atomic E-state index is 0.535. The molecule has 0 radical (unpaired) electrons. The van der Waals surface area contributed by atoms with Crippen molar-refractivity contribution in [1.82, 2.24) is 0 Å². The maximum Gasteiger partial charge on any atom is 0.151 e. The van der Waals surface area contributed by atoms with E-state index < -0.39 is 0 Å². The lowest BCUT2D eigenvalue weighted by Crippen LogP contribution is -2.15. The molecule has 0 N–H and O–H groups in total. The summed E-state index contributed by atoms with van der Waals surface area (Å²) in [5.74, 6) is 2.31. The Kier molecular flexibility index (Phi) is 15.1. The molecule has 0 spiro atoms. The molecule has 0 amide bonds. The van der Waals surface area contributed by atoms with E-state index in [0.29, 0.717) is 5.92 Å². The Bertz CT molecular complexity index is 1430. The fourth-order valence-corrected chi connectivity index (χ4v) is 4.25. The van der Waals surface area contributed by atoms with Crippen molar-refractivity contribution in [2.75, 3.05) is 4.90 Å². The highest BCUT2D eigenvalue weighted by Gasteiger charge is 2.24. The molecule has 0 aliphatic carbocycles. The van der Waals surface area contributed by atoms with E-state index in [9.17, 15) is 0 Å². The number of hydrogen-bond donors (Lipinski definition) is 0. The van der Waals surface area contributed by atoms with Gasteiger partial charge in [-0.1, -0.05) is 156 Å². The molecule has 0 aromatic heterocycles. The molecule has 2 heteroatoms. The van der Waals surface area contributed by atoms with Crippen molar-refractivity contribution in [3.8, 4) is 11.5 Å². The van der Waals surface area contributed by atoms with Gasteiger partial charge in [0.05, 0.1) is 11.4 Å². The van der Waals surface area contributed by atoms with Gasteiger partial charge in [0.1, 0.15) is 0 Å². The van der Waals surface area contributed by atoms with Gasteiger partial charge >= 0.3 is 0 Å². The average molecular weight is 572 g/mol. The van der Waals surface area contributed by atoms with Crippen LogP contribution in [0.1, 0.15) is 71.1 Å². The molecule has 1 heterocycles. The van der Waals surface area contributed by atoms with E-state index in [2.05, 4.69) is 92.9 Å². The third-order valence-electron chi connectivity index (χ3n) is 6.46. The van der Waals surface area contributed by atoms with Crippen molar-refractivity contribution in [2.24, 2.45) is 0 Å². The first-order chi connectivity index (χ1) is 20.9. The number of anilines is 3. The Morgan fingerprint density at radius 1 is 0.581 bits per heavy atom. The van der Waals surface area contributed by atoms with E-state index in [0.717, 1.165) is 34.1 Å². The standard InChI is InChI=1S/C21H19NO.C9H10.C7H8.2C2H6/c1-15(2)16-11-13-17(14-12-16)22-18-7-3-5-9-20(18)23-21-10-6-4-8-19(21)22;1-8(2)9-6-4-3-5-7-9;1-7-5-3-2-4-6-7;2*1-2/h3-15H,1-2H3;3-7H,1H2,2H3;2-6H,1H3;2*1-2H3. The van der Waals surface area contributed by atoms with E-state index in [1.165, 1.54) is 16.7 Å². The van der Waals surface area contributed by atoms with Gasteiger partial charge in [0.25, 0.3) is 0 Å². The van der Waals surface area contributed by atoms with Crippen molar-refractivity contribution >= 4 is 22.6 Å². The van der Waals surface area contributed by atoms with E-state index in [-0.39, 0.29) is 0 Å². The van der Waals surface area contributed by atoms with Crippen LogP contribution in [0.5, 0.6) is 11.5 Å². The van der Waals surface area contributed by atoms with Crippen LogP contribution >= 0.6 is 0 Å². The lowest BCUT2D eigenvalue weighted by atomic mass is 10.0. The largest absolute Gasteiger partial charge is 0.453 e. The molecule has 2 nitrogen and oxygen atoms in total. The summed E-state index contributed by atoms with van der Waals surface area (Å²) in [7, 11) is 0. The monoisotopic (exact) mass is 571 g/mol. The van der Waals surface area contributed by atoms with Crippen LogP contribution in [0.3, 0.4) is 0 Å². The van der Waals surface area contributed by atoms with E-state index in [1.807, 2.05) is 107 Å². The van der Waals surface area contributed by atoms with Crippen molar-refractivity contribution in [3.63, 3.8) is 0 Å². The molecule has 5 aromatic carbocycles. The highest BCUT2D eigenvalue weighted by Crippen LogP contribution is 2.49. The van der Waals surface area contributed by atoms with Gasteiger partial charge in [-0.3, -0.25) is 0 Å². The van der Waals surface area contributed by atoms with E-state index in [1.54, 1.807) is 0 Å². The van der Waals surface area contributed by atoms with Crippen molar-refractivity contribution in [3.05, 3.63) is 157 Å². The molecule has 224 valence electrons. The van der Waals surface area contributed by atoms with Crippen LogP contribution in [0.25, 0.3) is 5.57 Å². The molecule has 5 aromatic rings. The maximum atomic E-state index is 6.05. The molecule has 1 aliphatic heterocycles. The summed E-state index contributed by atoms with van der Waals surface area (Å²) < 4.78 is 6.05. The number of aryl methyl sites for hydroxylation is 1. The molecule has 0 saturated heterocycles. The summed E-state index contributed by atoms with van der Waals surface area (Å²) in [6.45, 7) is 20.4. The summed E-state index contributed by atoms with van der Waals surface area (Å²) in [5.41, 5.74) is 8.31. The number of para-hydroxylation sites is 4. The van der Waals surface area contributed by atoms with Crippen LogP contribution in [0.15, 0.2) is 140 Å². The van der Waals surface area contributed by atoms with Gasteiger partial charge in [-0.2, -0.15) is 0 Å². The zero-order chi connectivity index (χ0) is 31.6. The van der Waals surface area contributed by atoms with Gasteiger partial charge in [-0.15, -0.1) is 0 Å². The molecule has 1 aliphatic rings. The van der Waals surface area contributed by atoms with Crippen LogP contribution in [0, 0.1) is 6.92 Å². The zero-order valence-electron chi connectivity index (χ0n) is 27.3. The highest BCUT2D eigenvalue weighted by atomic mass is 16.5. The van der Waals surface area contributed by atoms with Crippen molar-refractivity contribution < 1.29 is 4.74 Å². The summed E-state index contributed by atoms with van der Waals surface area (Å²) in [5, 5.41) is 0. The van der Waals surface area contributed by atoms with Gasteiger partial charge < -0.3 is 9.64 Å². The number of rotatable bonds is 3. The SMILES string of the molecule is C=C(C)c1ccccc1.CC.CC.CC(C)c1ccc(N2c3ccccc3Oc3ccccc32)cc1.Cc1ccccc1. The van der Waals surface area contributed by atoms with E-state index in [4.69, 9.17) is 4.74 Å². The summed E-state index contributed by atoms with van der Waals surface area (Å²) in [6, 6.07) is 45.5. The fraction of sp³-hybridized carbons (Fsp3) is 0.220. The lowest BCUT2D eigenvalue weighted by molar-refractivity contribution is 0.477. The Labute approximate surface area is 261 Å². The van der Waals surface area contributed by atoms with Crippen LogP contribution < -0.4 is 9.64 Å². The highest BCUT2D eigenvalue weighted by molar-refractivity contribution is 5.86. The second-order valence-electron chi connectivity index (χ2n) is 9.92. The predicted molar refractivity (Wildman–Crippen MR) is 190 cm³/mol. The van der Waals surface area contributed by atoms with Gasteiger partial charge in [0.15, 0.2) is 11.5 Å². The first-order valence-electron chi connectivity index (χ1n) is 15.4. The first kappa shape index (κ1) is 34.6. The fourth-order valence-electron chi connectivity index (χ4n) is 4.25. The van der Waals surface area contributed by atoms with Gasteiger partial charge in [-0.05, 0) is 67.3 Å². The predicted octanol–water partition coefficient (Wildman–Crippen LogP) is 13.2. The van der Waals surface area contributed by atoms with Crippen LogP contribution in [0.4, 0.5) is 17.1 Å². The van der Waals surface area contributed by atoms with Gasteiger partial charge in [0.2, 0.25) is 0 Å². The van der Waals surface area contributed by atoms with Crippen LogP contribution in [-0.4, -0.2) is 0 Å². The number of fused-ring (bicyclic) bond motifs is 2. The third kappa shape index (κ3) is 10.3. The number of allylic oxidation sites excluding steroid dienone is 1. The van der Waals surface area contributed by atoms with Gasteiger partial charge in [-0.25, -0.2) is 0 Å². The Hall–Kier alpha value is -4.56. The van der Waals surface area contributed by atoms with E-state index >= 15 is 0 Å². The van der Waals surface area contributed by atoms with Crippen molar-refractivity contribution in [1.29, 1.82) is 0 Å². The number of benzene rings is 5. The quantitative estimate of drug-likeness (QED) is 0.209. The molecule has 0 bridgehead atoms. The minimum absolute atomic E-state index is 0.535. The molecule has 0 fully saturated rings. The lowest BCUT2D eigenvalue weighted by Gasteiger charge is -2.32. The minimum Gasteiger partial charge on any atom is -0.453 e. The second kappa shape index (κ2) is 18.8. The average Bonchev–Trinajstić information content (AvgIpc) is 3.07. The molecule has 0 unspecified atom stereocenters. The first-order valence-corrected chi connectivity index (χ1v) is 15.4. The summed E-state index contributed by atoms with van der Waals surface area (Å²) in [6.07, 6.45) is 0. The zero-order valence-corrected chi connectivity index (χ0v) is 27.3. The summed E-state index contributed by atoms with van der Waals surface area (Å²) >= 11 is 0. The topological polar surface area (TPSA) is 12.5 Å². The Balaban J connectivity index is 0.000000265. The maximum absolute atomic E-state index is 6.05. The molecular weight excluding hydrogens is 522 g/mol. The molecule has 0 atom stereocenters. The normalized spacial score (nSPS) is 10.3. The van der Waals surface area contributed by atoms with Crippen LogP contribution in [-0.2, 0) is 0 Å². The molecule has 0 saturated carbocycles. The smallest absolute Gasteiger partial charge is 0.151 e. The van der Waals surface area contributed by atoms with Gasteiger partial charge in [0, 0.05) is 5.69 Å². The Morgan fingerprint density at radius 3 is 1.37 bits per heavy atom. The number of hydrogen-bond acceptors (Lipinski definition) is 2. The Morgan fingerprint density at radius 2 is 1.00 bits per heavy atom. The molecular formula is C41H49NO. The van der Waals surface area contributed by atoms with Crippen LogP contribution in [0.2, 0.25) is 0 Å². The molecule has 43 heavy (non-hydrogen) atoms. The second-order valence-corrected chi connectivity index (χ2v) is 9.92. The van der Waals surface area contributed by atoms with Crippen molar-refractivity contribution in [2.45, 2.75) is 61.3 Å². The number of ether oxygens (including phenoxy) is 1.